The zero-order chi connectivity index (χ0) is 17.5. The average molecular weight is 338 g/mol. The van der Waals surface area contributed by atoms with Crippen molar-refractivity contribution in [2.75, 3.05) is 0 Å². The topological polar surface area (TPSA) is 30.2 Å². The SMILES string of the molecule is O=c1oc2ccccc2c2c1[C@H](c1ccccc1)[C@@H](c1ccccc1)C2. The molecule has 0 radical (unpaired) electrons. The number of hydrogen-bond donors (Lipinski definition) is 0. The Kier molecular flexibility index (Phi) is 3.49. The van der Waals surface area contributed by atoms with E-state index in [0.29, 0.717) is 5.58 Å². The maximum absolute atomic E-state index is 12.9. The highest BCUT2D eigenvalue weighted by atomic mass is 16.4. The molecule has 2 nitrogen and oxygen atoms in total. The van der Waals surface area contributed by atoms with E-state index in [0.717, 1.165) is 22.9 Å². The van der Waals surface area contributed by atoms with Gasteiger partial charge in [0.15, 0.2) is 0 Å². The summed E-state index contributed by atoms with van der Waals surface area (Å²) < 4.78 is 5.68. The Hall–Kier alpha value is -3.13. The molecule has 0 fully saturated rings. The molecule has 0 N–H and O–H groups in total. The lowest BCUT2D eigenvalue weighted by molar-refractivity contribution is 0.542. The third-order valence-corrected chi connectivity index (χ3v) is 5.48. The number of hydrogen-bond acceptors (Lipinski definition) is 2. The van der Waals surface area contributed by atoms with E-state index in [1.54, 1.807) is 0 Å². The van der Waals surface area contributed by atoms with Crippen LogP contribution in [0.3, 0.4) is 0 Å². The quantitative estimate of drug-likeness (QED) is 0.466. The number of rotatable bonds is 2. The summed E-state index contributed by atoms with van der Waals surface area (Å²) in [4.78, 5) is 12.9. The van der Waals surface area contributed by atoms with E-state index >= 15 is 0 Å². The van der Waals surface area contributed by atoms with Gasteiger partial charge in [-0.05, 0) is 35.1 Å². The molecule has 0 bridgehead atoms. The smallest absolute Gasteiger partial charge is 0.340 e. The van der Waals surface area contributed by atoms with Crippen molar-refractivity contribution in [3.05, 3.63) is 118 Å². The van der Waals surface area contributed by atoms with Gasteiger partial charge in [-0.25, -0.2) is 4.79 Å². The third kappa shape index (κ3) is 2.30. The van der Waals surface area contributed by atoms with Crippen LogP contribution in [-0.2, 0) is 6.42 Å². The van der Waals surface area contributed by atoms with E-state index in [4.69, 9.17) is 4.42 Å². The van der Waals surface area contributed by atoms with E-state index in [-0.39, 0.29) is 17.5 Å². The van der Waals surface area contributed by atoms with Gasteiger partial charge in [-0.15, -0.1) is 0 Å². The summed E-state index contributed by atoms with van der Waals surface area (Å²) in [6.45, 7) is 0. The summed E-state index contributed by atoms with van der Waals surface area (Å²) in [5, 5.41) is 1.06. The Morgan fingerprint density at radius 1 is 0.731 bits per heavy atom. The predicted octanol–water partition coefficient (Wildman–Crippen LogP) is 5.26. The molecule has 0 saturated heterocycles. The van der Waals surface area contributed by atoms with Crippen molar-refractivity contribution >= 4 is 11.0 Å². The molecule has 3 aromatic carbocycles. The summed E-state index contributed by atoms with van der Waals surface area (Å²) in [5.74, 6) is 0.261. The number of fused-ring (bicyclic) bond motifs is 3. The van der Waals surface area contributed by atoms with Gasteiger partial charge in [-0.1, -0.05) is 78.9 Å². The van der Waals surface area contributed by atoms with Gasteiger partial charge in [0, 0.05) is 16.9 Å². The fraction of sp³-hybridized carbons (Fsp3) is 0.125. The minimum Gasteiger partial charge on any atom is -0.422 e. The van der Waals surface area contributed by atoms with Gasteiger partial charge in [0.2, 0.25) is 0 Å². The second-order valence-corrected chi connectivity index (χ2v) is 6.89. The van der Waals surface area contributed by atoms with Crippen molar-refractivity contribution in [3.63, 3.8) is 0 Å². The monoisotopic (exact) mass is 338 g/mol. The molecule has 0 unspecified atom stereocenters. The van der Waals surface area contributed by atoms with Gasteiger partial charge in [0.05, 0.1) is 0 Å². The van der Waals surface area contributed by atoms with E-state index in [9.17, 15) is 4.79 Å². The summed E-state index contributed by atoms with van der Waals surface area (Å²) in [5.41, 5.74) is 4.87. The predicted molar refractivity (Wildman–Crippen MR) is 104 cm³/mol. The molecule has 2 heteroatoms. The van der Waals surface area contributed by atoms with Crippen LogP contribution in [0.5, 0.6) is 0 Å². The van der Waals surface area contributed by atoms with Gasteiger partial charge in [-0.2, -0.15) is 0 Å². The van der Waals surface area contributed by atoms with Gasteiger partial charge in [0.25, 0.3) is 0 Å². The normalized spacial score (nSPS) is 18.8. The van der Waals surface area contributed by atoms with E-state index < -0.39 is 0 Å². The van der Waals surface area contributed by atoms with Crippen LogP contribution in [0.2, 0.25) is 0 Å². The molecule has 1 aliphatic rings. The molecule has 5 rings (SSSR count). The first-order valence-electron chi connectivity index (χ1n) is 8.97. The fourth-order valence-electron chi connectivity index (χ4n) is 4.37. The highest BCUT2D eigenvalue weighted by Crippen LogP contribution is 2.48. The molecule has 126 valence electrons. The standard InChI is InChI=1S/C24H18O2/c25-24-23-20(18-13-7-8-14-21(18)26-24)15-19(16-9-3-1-4-10-16)22(23)17-11-5-2-6-12-17/h1-14,19,22H,15H2/t19-,22-/m1/s1. The highest BCUT2D eigenvalue weighted by molar-refractivity contribution is 5.82. The molecule has 0 spiro atoms. The molecule has 26 heavy (non-hydrogen) atoms. The molecule has 1 aliphatic carbocycles. The van der Waals surface area contributed by atoms with Crippen molar-refractivity contribution in [1.29, 1.82) is 0 Å². The lowest BCUT2D eigenvalue weighted by Gasteiger charge is -2.20. The first-order chi connectivity index (χ1) is 12.8. The van der Waals surface area contributed by atoms with E-state index in [1.807, 2.05) is 42.5 Å². The van der Waals surface area contributed by atoms with Crippen molar-refractivity contribution in [1.82, 2.24) is 0 Å². The molecule has 0 amide bonds. The molecular weight excluding hydrogens is 320 g/mol. The second kappa shape index (κ2) is 5.99. The maximum atomic E-state index is 12.9. The molecule has 1 aromatic heterocycles. The number of para-hydroxylation sites is 1. The first-order valence-corrected chi connectivity index (χ1v) is 8.97. The molecule has 0 saturated carbocycles. The Morgan fingerprint density at radius 3 is 2.08 bits per heavy atom. The maximum Gasteiger partial charge on any atom is 0.340 e. The van der Waals surface area contributed by atoms with Crippen LogP contribution >= 0.6 is 0 Å². The molecular formula is C24H18O2. The minimum absolute atomic E-state index is 0.0226. The van der Waals surface area contributed by atoms with Gasteiger partial charge >= 0.3 is 5.63 Å². The zero-order valence-electron chi connectivity index (χ0n) is 14.3. The Bertz CT molecular complexity index is 1130. The number of benzene rings is 3. The molecule has 4 aromatic rings. The van der Waals surface area contributed by atoms with Crippen molar-refractivity contribution < 1.29 is 4.42 Å². The van der Waals surface area contributed by atoms with Crippen LogP contribution in [0.4, 0.5) is 0 Å². The van der Waals surface area contributed by atoms with Crippen LogP contribution in [-0.4, -0.2) is 0 Å². The molecule has 2 atom stereocenters. The van der Waals surface area contributed by atoms with Gasteiger partial charge in [-0.3, -0.25) is 0 Å². The summed E-state index contributed by atoms with van der Waals surface area (Å²) in [6.07, 6.45) is 0.852. The van der Waals surface area contributed by atoms with Crippen molar-refractivity contribution in [2.24, 2.45) is 0 Å². The van der Waals surface area contributed by atoms with Crippen LogP contribution in [0.15, 0.2) is 94.1 Å². The van der Waals surface area contributed by atoms with Crippen molar-refractivity contribution in [3.8, 4) is 0 Å². The third-order valence-electron chi connectivity index (χ3n) is 5.48. The van der Waals surface area contributed by atoms with E-state index in [2.05, 4.69) is 42.5 Å². The first kappa shape index (κ1) is 15.2. The van der Waals surface area contributed by atoms with E-state index in [1.165, 1.54) is 11.1 Å². The van der Waals surface area contributed by atoms with Crippen LogP contribution < -0.4 is 5.63 Å². The molecule has 0 aliphatic heterocycles. The lowest BCUT2D eigenvalue weighted by atomic mass is 9.82. The molecule has 1 heterocycles. The van der Waals surface area contributed by atoms with Crippen LogP contribution in [0.1, 0.15) is 34.1 Å². The summed E-state index contributed by atoms with van der Waals surface area (Å²) in [7, 11) is 0. The Morgan fingerprint density at radius 2 is 1.35 bits per heavy atom. The second-order valence-electron chi connectivity index (χ2n) is 6.89. The summed E-state index contributed by atoms with van der Waals surface area (Å²) >= 11 is 0. The van der Waals surface area contributed by atoms with Gasteiger partial charge < -0.3 is 4.42 Å². The lowest BCUT2D eigenvalue weighted by Crippen LogP contribution is -2.15. The Labute approximate surface area is 151 Å². The fourth-order valence-corrected chi connectivity index (χ4v) is 4.37. The Balaban J connectivity index is 1.80. The van der Waals surface area contributed by atoms with Crippen LogP contribution in [0, 0.1) is 0 Å². The van der Waals surface area contributed by atoms with Gasteiger partial charge in [0.1, 0.15) is 5.58 Å². The summed E-state index contributed by atoms with van der Waals surface area (Å²) in [6, 6.07) is 28.7. The highest BCUT2D eigenvalue weighted by Gasteiger charge is 2.38. The van der Waals surface area contributed by atoms with Crippen LogP contribution in [0.25, 0.3) is 11.0 Å². The zero-order valence-corrected chi connectivity index (χ0v) is 14.3. The minimum atomic E-state index is -0.203. The average Bonchev–Trinajstić information content (AvgIpc) is 3.11. The van der Waals surface area contributed by atoms with Crippen molar-refractivity contribution in [2.45, 2.75) is 18.3 Å². The largest absolute Gasteiger partial charge is 0.422 e.